The zero-order valence-electron chi connectivity index (χ0n) is 10.6. The molecule has 0 aromatic rings. The molecule has 0 spiro atoms. The Kier molecular flexibility index (Phi) is 7.39. The molecule has 0 amide bonds. The summed E-state index contributed by atoms with van der Waals surface area (Å²) < 4.78 is 5.05. The molecule has 15 heavy (non-hydrogen) atoms. The first-order valence-corrected chi connectivity index (χ1v) is 5.96. The van der Waals surface area contributed by atoms with E-state index in [2.05, 4.69) is 12.2 Å². The summed E-state index contributed by atoms with van der Waals surface area (Å²) in [5.74, 6) is -0.135. The lowest BCUT2D eigenvalue weighted by molar-refractivity contribution is -0.150. The minimum atomic E-state index is -0.510. The largest absolute Gasteiger partial charge is 0.465 e. The second kappa shape index (κ2) is 7.69. The first kappa shape index (κ1) is 14.4. The maximum absolute atomic E-state index is 11.7. The van der Waals surface area contributed by atoms with Crippen LogP contribution in [0, 0.1) is 0 Å². The Morgan fingerprint density at radius 1 is 1.27 bits per heavy atom. The van der Waals surface area contributed by atoms with Gasteiger partial charge in [0.05, 0.1) is 6.61 Å². The van der Waals surface area contributed by atoms with Crippen LogP contribution < -0.4 is 5.32 Å². The summed E-state index contributed by atoms with van der Waals surface area (Å²) in [5.41, 5.74) is -0.510. The first-order chi connectivity index (χ1) is 7.10. The highest BCUT2D eigenvalue weighted by molar-refractivity contribution is 5.80. The number of ether oxygens (including phenoxy) is 1. The van der Waals surface area contributed by atoms with Gasteiger partial charge in [-0.1, -0.05) is 32.6 Å². The van der Waals surface area contributed by atoms with Crippen LogP contribution in [0.4, 0.5) is 0 Å². The average molecular weight is 215 g/mol. The van der Waals surface area contributed by atoms with Gasteiger partial charge in [-0.3, -0.25) is 4.79 Å². The number of unbranched alkanes of at least 4 members (excludes halogenated alkanes) is 3. The lowest BCUT2D eigenvalue weighted by Crippen LogP contribution is -2.48. The maximum atomic E-state index is 11.7. The minimum Gasteiger partial charge on any atom is -0.465 e. The zero-order chi connectivity index (χ0) is 11.7. The molecule has 1 atom stereocenters. The summed E-state index contributed by atoms with van der Waals surface area (Å²) in [6.07, 6.45) is 5.57. The van der Waals surface area contributed by atoms with Crippen LogP contribution in [0.3, 0.4) is 0 Å². The quantitative estimate of drug-likeness (QED) is 0.499. The molecule has 0 saturated heterocycles. The van der Waals surface area contributed by atoms with Crippen LogP contribution in [0.5, 0.6) is 0 Å². The van der Waals surface area contributed by atoms with Gasteiger partial charge in [0.15, 0.2) is 0 Å². The van der Waals surface area contributed by atoms with E-state index >= 15 is 0 Å². The summed E-state index contributed by atoms with van der Waals surface area (Å²) >= 11 is 0. The molecule has 0 fully saturated rings. The molecule has 90 valence electrons. The number of likely N-dealkylation sites (N-methyl/N-ethyl adjacent to an activating group) is 1. The molecule has 1 N–H and O–H groups in total. The fourth-order valence-electron chi connectivity index (χ4n) is 1.52. The molecule has 1 unspecified atom stereocenters. The smallest absolute Gasteiger partial charge is 0.326 e. The zero-order valence-corrected chi connectivity index (χ0v) is 10.6. The fraction of sp³-hybridized carbons (Fsp3) is 0.917. The van der Waals surface area contributed by atoms with Gasteiger partial charge >= 0.3 is 5.97 Å². The topological polar surface area (TPSA) is 38.3 Å². The Bertz CT molecular complexity index is 182. The Morgan fingerprint density at radius 3 is 2.40 bits per heavy atom. The number of rotatable bonds is 8. The van der Waals surface area contributed by atoms with E-state index in [1.165, 1.54) is 19.3 Å². The van der Waals surface area contributed by atoms with E-state index in [9.17, 15) is 4.79 Å². The standard InChI is InChI=1S/C12H25NO2/c1-5-7-8-9-10-12(3,13-4)11(14)15-6-2/h13H,5-10H2,1-4H3. The first-order valence-electron chi connectivity index (χ1n) is 5.96. The molecule has 0 radical (unpaired) electrons. The molecule has 0 aliphatic rings. The number of carbonyl (C=O) groups is 1. The molecule has 0 aromatic heterocycles. The molecule has 3 nitrogen and oxygen atoms in total. The van der Waals surface area contributed by atoms with Gasteiger partial charge in [-0.2, -0.15) is 0 Å². The lowest BCUT2D eigenvalue weighted by atomic mass is 9.94. The second-order valence-corrected chi connectivity index (χ2v) is 4.11. The molecule has 0 aliphatic carbocycles. The van der Waals surface area contributed by atoms with Crippen LogP contribution in [-0.2, 0) is 9.53 Å². The van der Waals surface area contributed by atoms with Crippen LogP contribution in [0.2, 0.25) is 0 Å². The van der Waals surface area contributed by atoms with Crippen molar-refractivity contribution in [2.45, 2.75) is 58.4 Å². The Morgan fingerprint density at radius 2 is 1.93 bits per heavy atom. The molecular formula is C12H25NO2. The molecule has 0 saturated carbocycles. The average Bonchev–Trinajstić information content (AvgIpc) is 2.24. The van der Waals surface area contributed by atoms with Crippen molar-refractivity contribution in [2.75, 3.05) is 13.7 Å². The van der Waals surface area contributed by atoms with Crippen molar-refractivity contribution in [3.8, 4) is 0 Å². The monoisotopic (exact) mass is 215 g/mol. The van der Waals surface area contributed by atoms with Crippen molar-refractivity contribution in [1.29, 1.82) is 0 Å². The van der Waals surface area contributed by atoms with E-state index < -0.39 is 5.54 Å². The summed E-state index contributed by atoms with van der Waals surface area (Å²) in [5, 5.41) is 3.07. The third-order valence-electron chi connectivity index (χ3n) is 2.81. The van der Waals surface area contributed by atoms with E-state index in [4.69, 9.17) is 4.74 Å². The highest BCUT2D eigenvalue weighted by atomic mass is 16.5. The summed E-state index contributed by atoms with van der Waals surface area (Å²) in [6, 6.07) is 0. The van der Waals surface area contributed by atoms with Crippen LogP contribution >= 0.6 is 0 Å². The molecule has 0 rings (SSSR count). The number of hydrogen-bond donors (Lipinski definition) is 1. The van der Waals surface area contributed by atoms with E-state index in [-0.39, 0.29) is 5.97 Å². The predicted octanol–water partition coefficient (Wildman–Crippen LogP) is 2.50. The van der Waals surface area contributed by atoms with E-state index in [0.717, 1.165) is 12.8 Å². The van der Waals surface area contributed by atoms with Crippen molar-refractivity contribution < 1.29 is 9.53 Å². The van der Waals surface area contributed by atoms with Gasteiger partial charge < -0.3 is 10.1 Å². The number of hydrogen-bond acceptors (Lipinski definition) is 3. The van der Waals surface area contributed by atoms with Crippen molar-refractivity contribution in [3.05, 3.63) is 0 Å². The number of esters is 1. The lowest BCUT2D eigenvalue weighted by Gasteiger charge is -2.26. The summed E-state index contributed by atoms with van der Waals surface area (Å²) in [6.45, 7) is 6.38. The minimum absolute atomic E-state index is 0.135. The van der Waals surface area contributed by atoms with Gasteiger partial charge in [0.1, 0.15) is 5.54 Å². The van der Waals surface area contributed by atoms with Gasteiger partial charge in [0.25, 0.3) is 0 Å². The molecule has 3 heteroatoms. The van der Waals surface area contributed by atoms with E-state index in [0.29, 0.717) is 6.61 Å². The van der Waals surface area contributed by atoms with Crippen LogP contribution in [0.25, 0.3) is 0 Å². The third kappa shape index (κ3) is 5.17. The fourth-order valence-corrected chi connectivity index (χ4v) is 1.52. The molecule has 0 aromatic carbocycles. The number of carbonyl (C=O) groups excluding carboxylic acids is 1. The van der Waals surface area contributed by atoms with Crippen LogP contribution in [0.15, 0.2) is 0 Å². The molecule has 0 heterocycles. The van der Waals surface area contributed by atoms with Crippen LogP contribution in [-0.4, -0.2) is 25.2 Å². The predicted molar refractivity (Wildman–Crippen MR) is 62.9 cm³/mol. The van der Waals surface area contributed by atoms with Crippen LogP contribution in [0.1, 0.15) is 52.9 Å². The van der Waals surface area contributed by atoms with Gasteiger partial charge in [-0.05, 0) is 27.3 Å². The molecule has 0 bridgehead atoms. The Hall–Kier alpha value is -0.570. The maximum Gasteiger partial charge on any atom is 0.326 e. The third-order valence-corrected chi connectivity index (χ3v) is 2.81. The molecular weight excluding hydrogens is 190 g/mol. The van der Waals surface area contributed by atoms with Crippen molar-refractivity contribution in [1.82, 2.24) is 5.32 Å². The van der Waals surface area contributed by atoms with Gasteiger partial charge in [-0.25, -0.2) is 0 Å². The Balaban J connectivity index is 4.00. The van der Waals surface area contributed by atoms with E-state index in [1.54, 1.807) is 0 Å². The van der Waals surface area contributed by atoms with Gasteiger partial charge in [0, 0.05) is 0 Å². The Labute approximate surface area is 93.6 Å². The normalized spacial score (nSPS) is 14.7. The van der Waals surface area contributed by atoms with Crippen molar-refractivity contribution in [3.63, 3.8) is 0 Å². The second-order valence-electron chi connectivity index (χ2n) is 4.11. The number of nitrogens with one attached hydrogen (secondary N) is 1. The highest BCUT2D eigenvalue weighted by Crippen LogP contribution is 2.16. The summed E-state index contributed by atoms with van der Waals surface area (Å²) in [7, 11) is 1.82. The van der Waals surface area contributed by atoms with Crippen molar-refractivity contribution in [2.24, 2.45) is 0 Å². The molecule has 0 aliphatic heterocycles. The summed E-state index contributed by atoms with van der Waals surface area (Å²) in [4.78, 5) is 11.7. The van der Waals surface area contributed by atoms with E-state index in [1.807, 2.05) is 20.9 Å². The highest BCUT2D eigenvalue weighted by Gasteiger charge is 2.31. The van der Waals surface area contributed by atoms with Gasteiger partial charge in [0.2, 0.25) is 0 Å². The van der Waals surface area contributed by atoms with Gasteiger partial charge in [-0.15, -0.1) is 0 Å². The van der Waals surface area contributed by atoms with Crippen molar-refractivity contribution >= 4 is 5.97 Å². The SMILES string of the molecule is CCCCCCC(C)(NC)C(=O)OCC.